The molecule has 0 aromatic heterocycles. The van der Waals surface area contributed by atoms with Crippen molar-refractivity contribution in [2.24, 2.45) is 17.6 Å². The van der Waals surface area contributed by atoms with E-state index in [0.717, 1.165) is 6.92 Å². The Morgan fingerprint density at radius 2 is 1.73 bits per heavy atom. The molecule has 0 heterocycles. The van der Waals surface area contributed by atoms with Crippen molar-refractivity contribution in [3.8, 4) is 5.75 Å². The van der Waals surface area contributed by atoms with Gasteiger partial charge in [0.2, 0.25) is 11.7 Å². The monoisotopic (exact) mass is 557 g/mol. The Bertz CT molecular complexity index is 1440. The Kier molecular flexibility index (Phi) is 6.89. The Morgan fingerprint density at radius 1 is 1.10 bits per heavy atom. The summed E-state index contributed by atoms with van der Waals surface area (Å²) in [6.45, 7) is 1.12. The first-order chi connectivity index (χ1) is 18.5. The van der Waals surface area contributed by atoms with Crippen molar-refractivity contribution in [1.29, 1.82) is 0 Å². The third-order valence-electron chi connectivity index (χ3n) is 7.72. The number of ketones is 2. The zero-order chi connectivity index (χ0) is 30.0. The number of aromatic hydroxyl groups is 1. The molecule has 3 aliphatic carbocycles. The molecule has 1 saturated carbocycles. The van der Waals surface area contributed by atoms with E-state index in [0.29, 0.717) is 11.3 Å². The van der Waals surface area contributed by atoms with Gasteiger partial charge in [0.05, 0.1) is 17.3 Å². The van der Waals surface area contributed by atoms with Gasteiger partial charge in [0.25, 0.3) is 5.91 Å². The molecular formula is C26H31N5O9. The van der Waals surface area contributed by atoms with Gasteiger partial charge >= 0.3 is 6.03 Å². The summed E-state index contributed by atoms with van der Waals surface area (Å²) in [6, 6.07) is -0.700. The van der Waals surface area contributed by atoms with Crippen molar-refractivity contribution in [3.05, 3.63) is 34.1 Å². The van der Waals surface area contributed by atoms with Gasteiger partial charge in [0.1, 0.15) is 17.1 Å². The average molecular weight is 558 g/mol. The fraction of sp³-hybridized carbons (Fsp3) is 0.423. The molecule has 4 atom stereocenters. The van der Waals surface area contributed by atoms with Crippen LogP contribution in [0.25, 0.3) is 5.76 Å². The first kappa shape index (κ1) is 28.6. The highest BCUT2D eigenvalue weighted by Gasteiger charge is 2.64. The number of carbonyl (C=O) groups is 5. The van der Waals surface area contributed by atoms with Crippen LogP contribution in [-0.4, -0.2) is 94.6 Å². The summed E-state index contributed by atoms with van der Waals surface area (Å²) >= 11 is 0. The smallest absolute Gasteiger partial charge is 0.325 e. The van der Waals surface area contributed by atoms with Gasteiger partial charge in [0.15, 0.2) is 17.1 Å². The van der Waals surface area contributed by atoms with Gasteiger partial charge < -0.3 is 36.4 Å². The molecular weight excluding hydrogens is 526 g/mol. The summed E-state index contributed by atoms with van der Waals surface area (Å²) in [6.07, 6.45) is 0.0238. The minimum absolute atomic E-state index is 0.0551. The molecule has 14 nitrogen and oxygen atoms in total. The summed E-state index contributed by atoms with van der Waals surface area (Å²) in [4.78, 5) is 65.8. The molecule has 1 fully saturated rings. The average Bonchev–Trinajstić information content (AvgIpc) is 2.81. The number of hydrogen-bond acceptors (Lipinski definition) is 11. The summed E-state index contributed by atoms with van der Waals surface area (Å²) < 4.78 is 0. The lowest BCUT2D eigenvalue weighted by Gasteiger charge is -2.50. The molecule has 0 radical (unpaired) electrons. The fourth-order valence-electron chi connectivity index (χ4n) is 6.10. The van der Waals surface area contributed by atoms with Crippen LogP contribution >= 0.6 is 0 Å². The van der Waals surface area contributed by atoms with Crippen LogP contribution in [0.1, 0.15) is 24.5 Å². The maximum absolute atomic E-state index is 14.0. The first-order valence-electron chi connectivity index (χ1n) is 12.3. The quantitative estimate of drug-likeness (QED) is 0.188. The fourth-order valence-corrected chi connectivity index (χ4v) is 6.10. The lowest BCUT2D eigenvalue weighted by molar-refractivity contribution is -0.153. The molecule has 8 N–H and O–H groups in total. The number of phenols is 1. The number of primary amides is 1. The van der Waals surface area contributed by atoms with Crippen LogP contribution in [0.4, 0.5) is 16.2 Å². The lowest BCUT2D eigenvalue weighted by atomic mass is 9.57. The Balaban J connectivity index is 1.95. The third kappa shape index (κ3) is 4.07. The van der Waals surface area contributed by atoms with Crippen molar-refractivity contribution in [3.63, 3.8) is 0 Å². The number of carbonyl (C=O) groups excluding carboxylic acids is 5. The highest BCUT2D eigenvalue weighted by Crippen LogP contribution is 2.54. The van der Waals surface area contributed by atoms with Crippen LogP contribution in [0, 0.1) is 11.8 Å². The molecule has 3 aliphatic rings. The summed E-state index contributed by atoms with van der Waals surface area (Å²) in [5, 5.41) is 49.5. The molecule has 4 amide bonds. The highest BCUT2D eigenvalue weighted by atomic mass is 16.3. The van der Waals surface area contributed by atoms with Crippen LogP contribution < -0.4 is 21.3 Å². The number of aliphatic hydroxyl groups excluding tert-OH is 2. The van der Waals surface area contributed by atoms with Crippen molar-refractivity contribution in [1.82, 2.24) is 10.2 Å². The molecule has 1 aromatic carbocycles. The van der Waals surface area contributed by atoms with Crippen molar-refractivity contribution in [2.45, 2.75) is 31.4 Å². The summed E-state index contributed by atoms with van der Waals surface area (Å²) in [5.74, 6) is -8.40. The van der Waals surface area contributed by atoms with E-state index in [1.165, 1.54) is 25.1 Å². The van der Waals surface area contributed by atoms with E-state index in [-0.39, 0.29) is 29.7 Å². The number of urea groups is 1. The number of rotatable bonds is 4. The SMILES string of the molecule is CC(=O)NC(=O)Nc1cc(N(C)C)c2c(c1O)C(O)=C1C(=O)[C@]3(O)C(O)=C(C(N)=O)C(=O)[C@@H](N(C)C)[C@@H]3C[C@@H]1C2. The van der Waals surface area contributed by atoms with E-state index in [9.17, 15) is 44.4 Å². The van der Waals surface area contributed by atoms with Gasteiger partial charge in [-0.2, -0.15) is 0 Å². The molecule has 0 aliphatic heterocycles. The number of nitrogens with one attached hydrogen (secondary N) is 2. The second-order valence-electron chi connectivity index (χ2n) is 10.6. The number of anilines is 2. The summed E-state index contributed by atoms with van der Waals surface area (Å²) in [5.41, 5.74) is 1.86. The maximum atomic E-state index is 14.0. The number of hydrogen-bond donors (Lipinski definition) is 7. The van der Waals surface area contributed by atoms with Gasteiger partial charge in [-0.25, -0.2) is 4.79 Å². The molecule has 40 heavy (non-hydrogen) atoms. The number of imide groups is 1. The van der Waals surface area contributed by atoms with Crippen molar-refractivity contribution in [2.75, 3.05) is 38.4 Å². The van der Waals surface area contributed by atoms with Gasteiger partial charge in [-0.3, -0.25) is 29.4 Å². The molecule has 14 heteroatoms. The Labute approximate surface area is 228 Å². The number of fused-ring (bicyclic) bond motifs is 3. The second kappa shape index (κ2) is 9.64. The van der Waals surface area contributed by atoms with Gasteiger partial charge in [-0.1, -0.05) is 0 Å². The molecule has 0 bridgehead atoms. The summed E-state index contributed by atoms with van der Waals surface area (Å²) in [7, 11) is 6.41. The van der Waals surface area contributed by atoms with E-state index in [2.05, 4.69) is 5.32 Å². The normalized spacial score (nSPS) is 25.7. The second-order valence-corrected chi connectivity index (χ2v) is 10.6. The topological polar surface area (TPSA) is 223 Å². The van der Waals surface area contributed by atoms with E-state index < -0.39 is 75.7 Å². The van der Waals surface area contributed by atoms with Crippen LogP contribution in [0.15, 0.2) is 23.0 Å². The Morgan fingerprint density at radius 3 is 2.25 bits per heavy atom. The van der Waals surface area contributed by atoms with Crippen LogP contribution in [0.2, 0.25) is 0 Å². The molecule has 0 unspecified atom stereocenters. The number of likely N-dealkylation sites (N-methyl/N-ethyl adjacent to an activating group) is 1. The number of Topliss-reactive ketones (excluding diaryl/α,β-unsaturated/α-hetero) is 2. The van der Waals surface area contributed by atoms with Crippen LogP contribution in [-0.2, 0) is 25.6 Å². The van der Waals surface area contributed by atoms with Crippen molar-refractivity contribution >= 4 is 46.5 Å². The molecule has 214 valence electrons. The minimum atomic E-state index is -2.76. The van der Waals surface area contributed by atoms with Crippen LogP contribution in [0.5, 0.6) is 5.75 Å². The molecule has 4 rings (SSSR count). The van der Waals surface area contributed by atoms with E-state index in [1.54, 1.807) is 19.0 Å². The number of benzene rings is 1. The highest BCUT2D eigenvalue weighted by molar-refractivity contribution is 6.24. The van der Waals surface area contributed by atoms with E-state index in [4.69, 9.17) is 5.73 Å². The Hall–Kier alpha value is -4.43. The zero-order valence-corrected chi connectivity index (χ0v) is 22.5. The van der Waals surface area contributed by atoms with Crippen LogP contribution in [0.3, 0.4) is 0 Å². The predicted octanol–water partition coefficient (Wildman–Crippen LogP) is -0.302. The van der Waals surface area contributed by atoms with Gasteiger partial charge in [-0.15, -0.1) is 0 Å². The molecule has 1 aromatic rings. The minimum Gasteiger partial charge on any atom is -0.508 e. The maximum Gasteiger partial charge on any atom is 0.325 e. The molecule has 0 spiro atoms. The zero-order valence-electron chi connectivity index (χ0n) is 22.5. The largest absolute Gasteiger partial charge is 0.508 e. The number of aliphatic hydroxyl groups is 3. The third-order valence-corrected chi connectivity index (χ3v) is 7.72. The number of amides is 4. The van der Waals surface area contributed by atoms with E-state index in [1.807, 2.05) is 5.32 Å². The predicted molar refractivity (Wildman–Crippen MR) is 141 cm³/mol. The van der Waals surface area contributed by atoms with Gasteiger partial charge in [-0.05, 0) is 44.5 Å². The number of nitrogens with zero attached hydrogens (tertiary/aromatic N) is 2. The van der Waals surface area contributed by atoms with Crippen molar-refractivity contribution < 1.29 is 44.4 Å². The first-order valence-corrected chi connectivity index (χ1v) is 12.3. The van der Waals surface area contributed by atoms with E-state index >= 15 is 0 Å². The number of phenolic OH excluding ortho intramolecular Hbond substituents is 1. The van der Waals surface area contributed by atoms with Gasteiger partial charge in [0, 0.05) is 38.2 Å². The standard InChI is InChI=1S/C26H31N5O9/c1-9(32)28-25(39)29-13-8-14(30(2)3)11-6-10-7-12-18(31(4)5)21(35)17(24(27)38)23(37)26(12,40)22(36)15(10)20(34)16(11)19(13)33/h8,10,12,18,33-34,37,40H,6-7H2,1-5H3,(H2,27,38)(H2,28,29,32,39)/t10-,12-,18-,26-/m0/s1. The number of nitrogens with two attached hydrogens (primary N) is 1. The lowest BCUT2D eigenvalue weighted by Crippen LogP contribution is -2.65. The molecule has 0 saturated heterocycles.